The molecule has 0 aliphatic heterocycles. The van der Waals surface area contributed by atoms with Crippen LogP contribution in [0.25, 0.3) is 0 Å². The highest BCUT2D eigenvalue weighted by Crippen LogP contribution is 2.23. The molecule has 2 aromatic rings. The SMILES string of the molecule is O=C(O)c1cscc1NCCCCOc1ccccc1Cl. The number of ether oxygens (including phenoxy) is 1. The Bertz CT molecular complexity index is 600. The molecule has 2 rings (SSSR count). The summed E-state index contributed by atoms with van der Waals surface area (Å²) in [5, 5.41) is 16.2. The molecule has 0 saturated heterocycles. The lowest BCUT2D eigenvalue weighted by atomic mass is 10.2. The highest BCUT2D eigenvalue weighted by molar-refractivity contribution is 7.08. The number of halogens is 1. The molecule has 4 nitrogen and oxygen atoms in total. The van der Waals surface area contributed by atoms with Crippen molar-refractivity contribution in [1.29, 1.82) is 0 Å². The minimum absolute atomic E-state index is 0.326. The predicted octanol–water partition coefficient (Wildman–Crippen LogP) is 4.37. The highest BCUT2D eigenvalue weighted by Gasteiger charge is 2.09. The number of nitrogens with one attached hydrogen (secondary N) is 1. The predicted molar refractivity (Wildman–Crippen MR) is 85.9 cm³/mol. The van der Waals surface area contributed by atoms with Crippen LogP contribution in [0.5, 0.6) is 5.75 Å². The number of unbranched alkanes of at least 4 members (excludes halogenated alkanes) is 1. The van der Waals surface area contributed by atoms with Crippen LogP contribution in [0.4, 0.5) is 5.69 Å². The molecule has 6 heteroatoms. The number of carboxylic acids is 1. The molecule has 0 spiro atoms. The van der Waals surface area contributed by atoms with E-state index in [4.69, 9.17) is 21.4 Å². The van der Waals surface area contributed by atoms with Crippen LogP contribution in [-0.2, 0) is 0 Å². The van der Waals surface area contributed by atoms with Crippen molar-refractivity contribution in [3.63, 3.8) is 0 Å². The van der Waals surface area contributed by atoms with Crippen molar-refractivity contribution in [3.05, 3.63) is 45.6 Å². The Morgan fingerprint density at radius 3 is 2.86 bits per heavy atom. The minimum Gasteiger partial charge on any atom is -0.492 e. The molecule has 0 atom stereocenters. The maximum Gasteiger partial charge on any atom is 0.338 e. The van der Waals surface area contributed by atoms with Gasteiger partial charge in [0.15, 0.2) is 0 Å². The van der Waals surface area contributed by atoms with E-state index in [9.17, 15) is 4.79 Å². The number of thiophene rings is 1. The van der Waals surface area contributed by atoms with E-state index in [1.807, 2.05) is 23.6 Å². The van der Waals surface area contributed by atoms with Gasteiger partial charge in [-0.25, -0.2) is 4.79 Å². The van der Waals surface area contributed by atoms with Gasteiger partial charge in [0, 0.05) is 17.3 Å². The number of hydrogen-bond acceptors (Lipinski definition) is 4. The first kappa shape index (κ1) is 15.7. The van der Waals surface area contributed by atoms with Crippen LogP contribution in [0.15, 0.2) is 35.0 Å². The first-order chi connectivity index (χ1) is 10.2. The van der Waals surface area contributed by atoms with Crippen LogP contribution in [0.1, 0.15) is 23.2 Å². The van der Waals surface area contributed by atoms with Crippen LogP contribution in [0.3, 0.4) is 0 Å². The average molecular weight is 326 g/mol. The number of aromatic carboxylic acids is 1. The third kappa shape index (κ3) is 4.65. The first-order valence-electron chi connectivity index (χ1n) is 6.59. The Morgan fingerprint density at radius 1 is 1.29 bits per heavy atom. The zero-order valence-electron chi connectivity index (χ0n) is 11.3. The van der Waals surface area contributed by atoms with Crippen molar-refractivity contribution < 1.29 is 14.6 Å². The van der Waals surface area contributed by atoms with E-state index < -0.39 is 5.97 Å². The molecular weight excluding hydrogens is 310 g/mol. The van der Waals surface area contributed by atoms with E-state index in [1.54, 1.807) is 11.4 Å². The van der Waals surface area contributed by atoms with E-state index >= 15 is 0 Å². The molecule has 0 unspecified atom stereocenters. The van der Waals surface area contributed by atoms with E-state index in [2.05, 4.69) is 5.32 Å². The molecule has 21 heavy (non-hydrogen) atoms. The molecule has 1 heterocycles. The van der Waals surface area contributed by atoms with E-state index in [0.29, 0.717) is 35.2 Å². The fourth-order valence-corrected chi connectivity index (χ4v) is 2.76. The Hall–Kier alpha value is -1.72. The fraction of sp³-hybridized carbons (Fsp3) is 0.267. The molecular formula is C15H16ClNO3S. The lowest BCUT2D eigenvalue weighted by molar-refractivity contribution is 0.0698. The summed E-state index contributed by atoms with van der Waals surface area (Å²) in [4.78, 5) is 10.9. The molecule has 0 aliphatic rings. The zero-order valence-corrected chi connectivity index (χ0v) is 12.9. The minimum atomic E-state index is -0.902. The summed E-state index contributed by atoms with van der Waals surface area (Å²) in [5.41, 5.74) is 1.01. The Kier molecular flexibility index (Phi) is 5.90. The van der Waals surface area contributed by atoms with Crippen LogP contribution in [-0.4, -0.2) is 24.2 Å². The standard InChI is InChI=1S/C15H16ClNO3S/c16-12-5-1-2-6-14(12)20-8-4-3-7-17-13-10-21-9-11(13)15(18)19/h1-2,5-6,9-10,17H,3-4,7-8H2,(H,18,19). The van der Waals surface area contributed by atoms with Crippen molar-refractivity contribution in [3.8, 4) is 5.75 Å². The van der Waals surface area contributed by atoms with Crippen molar-refractivity contribution >= 4 is 34.6 Å². The molecule has 112 valence electrons. The summed E-state index contributed by atoms with van der Waals surface area (Å²) in [6.07, 6.45) is 1.75. The molecule has 0 amide bonds. The van der Waals surface area contributed by atoms with Crippen molar-refractivity contribution in [2.75, 3.05) is 18.5 Å². The zero-order chi connectivity index (χ0) is 15.1. The topological polar surface area (TPSA) is 58.6 Å². The summed E-state index contributed by atoms with van der Waals surface area (Å²) >= 11 is 7.37. The van der Waals surface area contributed by atoms with Crippen LogP contribution < -0.4 is 10.1 Å². The van der Waals surface area contributed by atoms with Gasteiger partial charge in [-0.15, -0.1) is 11.3 Å². The lowest BCUT2D eigenvalue weighted by Crippen LogP contribution is -2.07. The summed E-state index contributed by atoms with van der Waals surface area (Å²) in [7, 11) is 0. The van der Waals surface area contributed by atoms with E-state index in [-0.39, 0.29) is 0 Å². The monoisotopic (exact) mass is 325 g/mol. The lowest BCUT2D eigenvalue weighted by Gasteiger charge is -2.08. The van der Waals surface area contributed by atoms with Gasteiger partial charge >= 0.3 is 5.97 Å². The molecule has 0 aliphatic carbocycles. The molecule has 0 bridgehead atoms. The summed E-state index contributed by atoms with van der Waals surface area (Å²) in [6, 6.07) is 7.38. The van der Waals surface area contributed by atoms with Crippen molar-refractivity contribution in [1.82, 2.24) is 0 Å². The number of carbonyl (C=O) groups is 1. The van der Waals surface area contributed by atoms with Crippen molar-refractivity contribution in [2.24, 2.45) is 0 Å². The van der Waals surface area contributed by atoms with Crippen LogP contribution >= 0.6 is 22.9 Å². The quantitative estimate of drug-likeness (QED) is 0.707. The summed E-state index contributed by atoms with van der Waals surface area (Å²) < 4.78 is 5.58. The van der Waals surface area contributed by atoms with E-state index in [0.717, 1.165) is 12.8 Å². The largest absolute Gasteiger partial charge is 0.492 e. The second-order valence-corrected chi connectivity index (χ2v) is 5.57. The summed E-state index contributed by atoms with van der Waals surface area (Å²) in [6.45, 7) is 1.30. The van der Waals surface area contributed by atoms with Crippen LogP contribution in [0, 0.1) is 0 Å². The molecule has 2 N–H and O–H groups in total. The molecule has 0 fully saturated rings. The molecule has 0 saturated carbocycles. The van der Waals surface area contributed by atoms with Gasteiger partial charge in [0.2, 0.25) is 0 Å². The maximum absolute atomic E-state index is 10.9. The third-order valence-corrected chi connectivity index (χ3v) is 3.93. The normalized spacial score (nSPS) is 10.3. The van der Waals surface area contributed by atoms with Gasteiger partial charge in [-0.1, -0.05) is 23.7 Å². The second-order valence-electron chi connectivity index (χ2n) is 4.42. The molecule has 0 radical (unpaired) electrons. The van der Waals surface area contributed by atoms with Crippen molar-refractivity contribution in [2.45, 2.75) is 12.8 Å². The Morgan fingerprint density at radius 2 is 2.10 bits per heavy atom. The average Bonchev–Trinajstić information content (AvgIpc) is 2.93. The number of benzene rings is 1. The molecule has 1 aromatic carbocycles. The number of carboxylic acid groups (broad SMARTS) is 1. The van der Waals surface area contributed by atoms with Gasteiger partial charge in [0.25, 0.3) is 0 Å². The van der Waals surface area contributed by atoms with Gasteiger partial charge in [0.1, 0.15) is 5.75 Å². The van der Waals surface area contributed by atoms with Gasteiger partial charge in [-0.2, -0.15) is 0 Å². The highest BCUT2D eigenvalue weighted by atomic mass is 35.5. The Labute approximate surface area is 132 Å². The second kappa shape index (κ2) is 7.90. The first-order valence-corrected chi connectivity index (χ1v) is 7.91. The fourth-order valence-electron chi connectivity index (χ4n) is 1.79. The van der Waals surface area contributed by atoms with Gasteiger partial charge in [0.05, 0.1) is 22.9 Å². The van der Waals surface area contributed by atoms with Gasteiger partial charge in [-0.3, -0.25) is 0 Å². The number of hydrogen-bond donors (Lipinski definition) is 2. The maximum atomic E-state index is 10.9. The molecule has 1 aromatic heterocycles. The smallest absolute Gasteiger partial charge is 0.338 e. The van der Waals surface area contributed by atoms with Crippen LogP contribution in [0.2, 0.25) is 5.02 Å². The van der Waals surface area contributed by atoms with Gasteiger partial charge < -0.3 is 15.2 Å². The summed E-state index contributed by atoms with van der Waals surface area (Å²) in [5.74, 6) is -0.209. The van der Waals surface area contributed by atoms with Gasteiger partial charge in [-0.05, 0) is 25.0 Å². The Balaban J connectivity index is 1.65. The van der Waals surface area contributed by atoms with E-state index in [1.165, 1.54) is 11.3 Å². The number of para-hydroxylation sites is 1. The number of rotatable bonds is 8. The number of anilines is 1. The third-order valence-electron chi connectivity index (χ3n) is 2.87.